The van der Waals surface area contributed by atoms with Crippen molar-refractivity contribution < 1.29 is 8.42 Å². The molecule has 0 bridgehead atoms. The predicted molar refractivity (Wildman–Crippen MR) is 66.4 cm³/mol. The summed E-state index contributed by atoms with van der Waals surface area (Å²) >= 11 is 0. The van der Waals surface area contributed by atoms with Gasteiger partial charge in [-0.05, 0) is 13.8 Å². The lowest BCUT2D eigenvalue weighted by Crippen LogP contribution is -2.14. The Kier molecular flexibility index (Phi) is 2.99. The van der Waals surface area contributed by atoms with Crippen LogP contribution in [0.5, 0.6) is 0 Å². The fraction of sp³-hybridized carbons (Fsp3) is 0.333. The van der Waals surface area contributed by atoms with Gasteiger partial charge in [0.25, 0.3) is 10.0 Å². The van der Waals surface area contributed by atoms with Gasteiger partial charge >= 0.3 is 0 Å². The number of nitrogens with two attached hydrogens (primary N) is 1. The fourth-order valence-electron chi connectivity index (χ4n) is 1.43. The minimum atomic E-state index is -3.76. The van der Waals surface area contributed by atoms with Crippen molar-refractivity contribution in [1.29, 1.82) is 0 Å². The van der Waals surface area contributed by atoms with Gasteiger partial charge in [0.2, 0.25) is 0 Å². The maximum atomic E-state index is 12.1. The molecule has 0 atom stereocenters. The summed E-state index contributed by atoms with van der Waals surface area (Å²) in [4.78, 5) is -0.0432. The first-order chi connectivity index (χ1) is 8.44. The van der Waals surface area contributed by atoms with Crippen LogP contribution in [-0.2, 0) is 16.6 Å². The number of aromatic nitrogens is 4. The second kappa shape index (κ2) is 4.33. The average molecular weight is 270 g/mol. The Balaban J connectivity index is 2.36. The molecule has 0 spiro atoms. The third kappa shape index (κ3) is 2.16. The fourth-order valence-corrected chi connectivity index (χ4v) is 2.59. The third-order valence-corrected chi connectivity index (χ3v) is 3.80. The molecule has 0 saturated heterocycles. The molecule has 4 N–H and O–H groups in total. The molecule has 0 aliphatic heterocycles. The van der Waals surface area contributed by atoms with E-state index in [-0.39, 0.29) is 10.7 Å². The minimum Gasteiger partial charge on any atom is -0.381 e. The van der Waals surface area contributed by atoms with E-state index in [0.29, 0.717) is 17.9 Å². The van der Waals surface area contributed by atoms with Crippen LogP contribution >= 0.6 is 0 Å². The van der Waals surface area contributed by atoms with E-state index < -0.39 is 10.0 Å². The van der Waals surface area contributed by atoms with Crippen LogP contribution in [0.2, 0.25) is 0 Å². The Labute approximate surface area is 104 Å². The molecule has 0 fully saturated rings. The first-order valence-corrected chi connectivity index (χ1v) is 6.78. The largest absolute Gasteiger partial charge is 0.381 e. The zero-order chi connectivity index (χ0) is 13.3. The van der Waals surface area contributed by atoms with E-state index in [1.54, 1.807) is 6.92 Å². The summed E-state index contributed by atoms with van der Waals surface area (Å²) in [6.45, 7) is 4.12. The van der Waals surface area contributed by atoms with Crippen molar-refractivity contribution in [1.82, 2.24) is 20.0 Å². The van der Waals surface area contributed by atoms with Crippen LogP contribution in [0.3, 0.4) is 0 Å². The van der Waals surface area contributed by atoms with Crippen LogP contribution < -0.4 is 10.5 Å². The highest BCUT2D eigenvalue weighted by Gasteiger charge is 2.22. The summed E-state index contributed by atoms with van der Waals surface area (Å²) in [5.74, 6) is 0.292. The van der Waals surface area contributed by atoms with Gasteiger partial charge in [0, 0.05) is 18.3 Å². The van der Waals surface area contributed by atoms with Crippen LogP contribution in [0.4, 0.5) is 11.6 Å². The molecule has 0 amide bonds. The van der Waals surface area contributed by atoms with Gasteiger partial charge in [0.05, 0.1) is 6.20 Å². The lowest BCUT2D eigenvalue weighted by Gasteiger charge is -2.04. The highest BCUT2D eigenvalue weighted by atomic mass is 32.2. The molecular weight excluding hydrogens is 256 g/mol. The molecule has 2 aromatic heterocycles. The molecule has 0 saturated carbocycles. The van der Waals surface area contributed by atoms with Crippen molar-refractivity contribution >= 4 is 21.7 Å². The van der Waals surface area contributed by atoms with Crippen LogP contribution in [-0.4, -0.2) is 28.4 Å². The predicted octanol–water partition coefficient (Wildman–Crippen LogP) is 0.318. The first-order valence-electron chi connectivity index (χ1n) is 5.29. The van der Waals surface area contributed by atoms with Crippen molar-refractivity contribution in [3.05, 3.63) is 18.0 Å². The molecule has 0 aromatic carbocycles. The molecule has 2 heterocycles. The van der Waals surface area contributed by atoms with E-state index in [1.165, 1.54) is 17.1 Å². The van der Waals surface area contributed by atoms with E-state index in [4.69, 9.17) is 5.73 Å². The lowest BCUT2D eigenvalue weighted by molar-refractivity contribution is 0.600. The summed E-state index contributed by atoms with van der Waals surface area (Å²) in [5.41, 5.74) is 6.29. The van der Waals surface area contributed by atoms with E-state index in [0.717, 1.165) is 0 Å². The number of aromatic amines is 1. The number of hydrogen-bond donors (Lipinski definition) is 3. The van der Waals surface area contributed by atoms with Crippen LogP contribution in [0.1, 0.15) is 12.5 Å². The van der Waals surface area contributed by atoms with Crippen LogP contribution in [0.15, 0.2) is 17.3 Å². The number of nitrogens with one attached hydrogen (secondary N) is 2. The van der Waals surface area contributed by atoms with E-state index in [9.17, 15) is 8.42 Å². The maximum Gasteiger partial charge on any atom is 0.268 e. The Morgan fingerprint density at radius 2 is 2.28 bits per heavy atom. The van der Waals surface area contributed by atoms with Crippen molar-refractivity contribution in [2.24, 2.45) is 0 Å². The van der Waals surface area contributed by atoms with Gasteiger partial charge < -0.3 is 5.73 Å². The number of H-pyrrole nitrogens is 1. The minimum absolute atomic E-state index is 0.0264. The number of rotatable bonds is 4. The van der Waals surface area contributed by atoms with E-state index in [1.807, 2.05) is 6.92 Å². The number of sulfonamides is 1. The number of aryl methyl sites for hydroxylation is 2. The SMILES string of the molecule is CCn1cc(S(=O)(=O)Nc2[nH]ncc2C)c(N)n1. The lowest BCUT2D eigenvalue weighted by atomic mass is 10.4. The molecule has 8 nitrogen and oxygen atoms in total. The van der Waals surface area contributed by atoms with Crippen molar-refractivity contribution in [3.8, 4) is 0 Å². The van der Waals surface area contributed by atoms with Crippen molar-refractivity contribution in [2.45, 2.75) is 25.3 Å². The van der Waals surface area contributed by atoms with E-state index >= 15 is 0 Å². The molecule has 18 heavy (non-hydrogen) atoms. The summed E-state index contributed by atoms with van der Waals surface area (Å²) < 4.78 is 28.1. The number of nitrogens with zero attached hydrogens (tertiary/aromatic N) is 3. The molecule has 2 rings (SSSR count). The third-order valence-electron chi connectivity index (χ3n) is 2.43. The summed E-state index contributed by atoms with van der Waals surface area (Å²) in [5, 5.41) is 10.2. The molecule has 2 aromatic rings. The molecule has 9 heteroatoms. The Bertz CT molecular complexity index is 656. The standard InChI is InChI=1S/C9H14N6O2S/c1-3-15-5-7(8(10)13-15)18(16,17)14-9-6(2)4-11-12-9/h4-5H,3H2,1-2H3,(H2,10,13)(H2,11,12,14). The van der Waals surface area contributed by atoms with Gasteiger partial charge in [-0.25, -0.2) is 8.42 Å². The Hall–Kier alpha value is -2.03. The van der Waals surface area contributed by atoms with Crippen LogP contribution in [0, 0.1) is 6.92 Å². The maximum absolute atomic E-state index is 12.1. The summed E-state index contributed by atoms with van der Waals surface area (Å²) in [6, 6.07) is 0. The number of nitrogen functional groups attached to an aromatic ring is 1. The smallest absolute Gasteiger partial charge is 0.268 e. The van der Waals surface area contributed by atoms with Crippen molar-refractivity contribution in [3.63, 3.8) is 0 Å². The quantitative estimate of drug-likeness (QED) is 0.739. The van der Waals surface area contributed by atoms with Gasteiger partial charge in [-0.15, -0.1) is 0 Å². The zero-order valence-electron chi connectivity index (χ0n) is 10.0. The first kappa shape index (κ1) is 12.4. The van der Waals surface area contributed by atoms with Gasteiger partial charge in [0.1, 0.15) is 10.7 Å². The Morgan fingerprint density at radius 1 is 1.56 bits per heavy atom. The molecule has 0 aliphatic carbocycles. The summed E-state index contributed by atoms with van der Waals surface area (Å²) in [7, 11) is -3.76. The molecule has 0 unspecified atom stereocenters. The number of anilines is 2. The van der Waals surface area contributed by atoms with E-state index in [2.05, 4.69) is 20.0 Å². The number of hydrogen-bond acceptors (Lipinski definition) is 5. The van der Waals surface area contributed by atoms with Gasteiger partial charge in [0.15, 0.2) is 5.82 Å². The monoisotopic (exact) mass is 270 g/mol. The summed E-state index contributed by atoms with van der Waals surface area (Å²) in [6.07, 6.45) is 2.92. The average Bonchev–Trinajstić information content (AvgIpc) is 2.86. The second-order valence-electron chi connectivity index (χ2n) is 3.77. The Morgan fingerprint density at radius 3 is 2.78 bits per heavy atom. The molecule has 0 radical (unpaired) electrons. The second-order valence-corrected chi connectivity index (χ2v) is 5.42. The highest BCUT2D eigenvalue weighted by molar-refractivity contribution is 7.92. The molecular formula is C9H14N6O2S. The van der Waals surface area contributed by atoms with Gasteiger partial charge in [-0.2, -0.15) is 10.2 Å². The normalized spacial score (nSPS) is 11.7. The van der Waals surface area contributed by atoms with Gasteiger partial charge in [-0.1, -0.05) is 0 Å². The van der Waals surface area contributed by atoms with Crippen LogP contribution in [0.25, 0.3) is 0 Å². The molecule has 98 valence electrons. The van der Waals surface area contributed by atoms with Crippen molar-refractivity contribution in [2.75, 3.05) is 10.5 Å². The highest BCUT2D eigenvalue weighted by Crippen LogP contribution is 2.20. The van der Waals surface area contributed by atoms with Gasteiger partial charge in [-0.3, -0.25) is 14.5 Å². The molecule has 0 aliphatic rings. The topological polar surface area (TPSA) is 119 Å². The zero-order valence-corrected chi connectivity index (χ0v) is 10.8.